The molecule has 5 nitrogen and oxygen atoms in total. The second kappa shape index (κ2) is 8.38. The Kier molecular flexibility index (Phi) is 5.96. The maximum atomic E-state index is 12.2. The lowest BCUT2D eigenvalue weighted by atomic mass is 10.1. The number of benzene rings is 2. The van der Waals surface area contributed by atoms with Crippen molar-refractivity contribution in [2.45, 2.75) is 25.1 Å². The molecule has 26 heavy (non-hydrogen) atoms. The lowest BCUT2D eigenvalue weighted by Crippen LogP contribution is -2.28. The van der Waals surface area contributed by atoms with Crippen LogP contribution in [0.15, 0.2) is 58.2 Å². The molecule has 1 N–H and O–H groups in total. The molecule has 134 valence electrons. The number of carbonyl (C=O) groups excluding carboxylic acids is 1. The van der Waals surface area contributed by atoms with Crippen LogP contribution >= 0.6 is 23.4 Å². The van der Waals surface area contributed by atoms with Crippen molar-refractivity contribution in [2.24, 2.45) is 0 Å². The van der Waals surface area contributed by atoms with Gasteiger partial charge in [-0.3, -0.25) is 4.79 Å². The molecule has 1 atom stereocenters. The first-order valence-corrected chi connectivity index (χ1v) is 9.46. The van der Waals surface area contributed by atoms with Gasteiger partial charge in [0.15, 0.2) is 0 Å². The van der Waals surface area contributed by atoms with E-state index in [0.29, 0.717) is 16.1 Å². The molecular weight excluding hydrogens is 370 g/mol. The first kappa shape index (κ1) is 18.5. The summed E-state index contributed by atoms with van der Waals surface area (Å²) < 4.78 is 5.65. The fourth-order valence-corrected chi connectivity index (χ4v) is 3.14. The smallest absolute Gasteiger partial charge is 0.277 e. The van der Waals surface area contributed by atoms with Crippen molar-refractivity contribution < 1.29 is 9.21 Å². The molecule has 0 unspecified atom stereocenters. The van der Waals surface area contributed by atoms with E-state index < -0.39 is 0 Å². The Labute approximate surface area is 161 Å². The molecule has 0 bridgehead atoms. The predicted molar refractivity (Wildman–Crippen MR) is 103 cm³/mol. The second-order valence-electron chi connectivity index (χ2n) is 5.82. The Morgan fingerprint density at radius 1 is 1.19 bits per heavy atom. The number of nitrogens with one attached hydrogen (secondary N) is 1. The molecule has 3 aromatic rings. The van der Waals surface area contributed by atoms with E-state index in [1.54, 1.807) is 12.1 Å². The topological polar surface area (TPSA) is 68.0 Å². The molecule has 0 aliphatic carbocycles. The van der Waals surface area contributed by atoms with Crippen molar-refractivity contribution in [3.05, 3.63) is 64.7 Å². The van der Waals surface area contributed by atoms with Crippen LogP contribution in [0.25, 0.3) is 11.5 Å². The molecule has 1 amide bonds. The lowest BCUT2D eigenvalue weighted by molar-refractivity contribution is -0.119. The van der Waals surface area contributed by atoms with Crippen LogP contribution in [0.3, 0.4) is 0 Å². The number of rotatable bonds is 6. The Morgan fingerprint density at radius 2 is 1.92 bits per heavy atom. The van der Waals surface area contributed by atoms with Gasteiger partial charge < -0.3 is 9.73 Å². The Bertz CT molecular complexity index is 896. The highest BCUT2D eigenvalue weighted by molar-refractivity contribution is 7.99. The molecule has 2 aromatic carbocycles. The third-order valence-corrected chi connectivity index (χ3v) is 4.93. The SMILES string of the molecule is Cc1ccccc1-c1nnc(SCC(=O)N[C@@H](C)c2ccc(Cl)cc2)o1. The van der Waals surface area contributed by atoms with E-state index in [2.05, 4.69) is 15.5 Å². The zero-order valence-corrected chi connectivity index (χ0v) is 16.0. The summed E-state index contributed by atoms with van der Waals surface area (Å²) in [5, 5.41) is 12.0. The third kappa shape index (κ3) is 4.65. The zero-order chi connectivity index (χ0) is 18.5. The number of hydrogen-bond acceptors (Lipinski definition) is 5. The van der Waals surface area contributed by atoms with Crippen molar-refractivity contribution in [3.63, 3.8) is 0 Å². The molecule has 1 aromatic heterocycles. The van der Waals surface area contributed by atoms with E-state index >= 15 is 0 Å². The molecule has 3 rings (SSSR count). The first-order chi connectivity index (χ1) is 12.5. The number of carbonyl (C=O) groups is 1. The van der Waals surface area contributed by atoms with Crippen LogP contribution in [-0.2, 0) is 4.79 Å². The van der Waals surface area contributed by atoms with E-state index in [0.717, 1.165) is 16.7 Å². The fraction of sp³-hybridized carbons (Fsp3) is 0.211. The van der Waals surface area contributed by atoms with Crippen molar-refractivity contribution in [2.75, 3.05) is 5.75 Å². The molecule has 0 aliphatic rings. The van der Waals surface area contributed by atoms with Gasteiger partial charge >= 0.3 is 0 Å². The standard InChI is InChI=1S/C19H18ClN3O2S/c1-12-5-3-4-6-16(12)18-22-23-19(25-18)26-11-17(24)21-13(2)14-7-9-15(20)10-8-14/h3-10,13H,11H2,1-2H3,(H,21,24)/t13-/m0/s1. The maximum absolute atomic E-state index is 12.2. The summed E-state index contributed by atoms with van der Waals surface area (Å²) in [6, 6.07) is 15.1. The van der Waals surface area contributed by atoms with E-state index in [1.807, 2.05) is 50.2 Å². The van der Waals surface area contributed by atoms with Gasteiger partial charge in [-0.1, -0.05) is 53.7 Å². The summed E-state index contributed by atoms with van der Waals surface area (Å²) >= 11 is 7.10. The summed E-state index contributed by atoms with van der Waals surface area (Å²) in [6.45, 7) is 3.91. The van der Waals surface area contributed by atoms with E-state index in [-0.39, 0.29) is 17.7 Å². The van der Waals surface area contributed by atoms with Gasteiger partial charge in [0.25, 0.3) is 5.22 Å². The minimum absolute atomic E-state index is 0.104. The molecular formula is C19H18ClN3O2S. The molecule has 7 heteroatoms. The van der Waals surface area contributed by atoms with E-state index in [9.17, 15) is 4.79 Å². The van der Waals surface area contributed by atoms with Crippen LogP contribution in [0.5, 0.6) is 0 Å². The molecule has 1 heterocycles. The number of hydrogen-bond donors (Lipinski definition) is 1. The maximum Gasteiger partial charge on any atom is 0.277 e. The van der Waals surface area contributed by atoms with Gasteiger partial charge in [0, 0.05) is 10.6 Å². The summed E-state index contributed by atoms with van der Waals surface area (Å²) in [5.41, 5.74) is 2.95. The van der Waals surface area contributed by atoms with Crippen molar-refractivity contribution in [1.82, 2.24) is 15.5 Å². The number of aromatic nitrogens is 2. The monoisotopic (exact) mass is 387 g/mol. The van der Waals surface area contributed by atoms with Gasteiger partial charge in [0.1, 0.15) is 0 Å². The molecule has 0 aliphatic heterocycles. The summed E-state index contributed by atoms with van der Waals surface area (Å²) in [5.74, 6) is 0.557. The number of halogens is 1. The number of thioether (sulfide) groups is 1. The molecule has 0 radical (unpaired) electrons. The minimum Gasteiger partial charge on any atom is -0.411 e. The van der Waals surface area contributed by atoms with Crippen LogP contribution in [0, 0.1) is 6.92 Å². The highest BCUT2D eigenvalue weighted by atomic mass is 35.5. The van der Waals surface area contributed by atoms with Gasteiger partial charge in [-0.2, -0.15) is 0 Å². The molecule has 0 fully saturated rings. The van der Waals surface area contributed by atoms with E-state index in [1.165, 1.54) is 11.8 Å². The highest BCUT2D eigenvalue weighted by Gasteiger charge is 2.14. The van der Waals surface area contributed by atoms with Gasteiger partial charge in [-0.05, 0) is 43.2 Å². The number of aryl methyl sites for hydroxylation is 1. The third-order valence-electron chi connectivity index (χ3n) is 3.86. The summed E-state index contributed by atoms with van der Waals surface area (Å²) in [6.07, 6.45) is 0. The normalized spacial score (nSPS) is 12.0. The minimum atomic E-state index is -0.106. The first-order valence-electron chi connectivity index (χ1n) is 8.10. The van der Waals surface area contributed by atoms with Crippen LogP contribution in [0.1, 0.15) is 24.1 Å². The van der Waals surface area contributed by atoms with Crippen molar-refractivity contribution in [1.29, 1.82) is 0 Å². The van der Waals surface area contributed by atoms with E-state index in [4.69, 9.17) is 16.0 Å². The largest absolute Gasteiger partial charge is 0.411 e. The number of nitrogens with zero attached hydrogens (tertiary/aromatic N) is 2. The fourth-order valence-electron chi connectivity index (χ4n) is 2.44. The number of amides is 1. The lowest BCUT2D eigenvalue weighted by Gasteiger charge is -2.13. The Hall–Kier alpha value is -2.31. The van der Waals surface area contributed by atoms with Gasteiger partial charge in [-0.15, -0.1) is 10.2 Å². The van der Waals surface area contributed by atoms with Crippen molar-refractivity contribution >= 4 is 29.3 Å². The van der Waals surface area contributed by atoms with Crippen LogP contribution < -0.4 is 5.32 Å². The Morgan fingerprint density at radius 3 is 2.65 bits per heavy atom. The second-order valence-corrected chi connectivity index (χ2v) is 7.18. The molecule has 0 spiro atoms. The van der Waals surface area contributed by atoms with Crippen LogP contribution in [0.2, 0.25) is 5.02 Å². The van der Waals surface area contributed by atoms with Gasteiger partial charge in [0.05, 0.1) is 11.8 Å². The van der Waals surface area contributed by atoms with Crippen molar-refractivity contribution in [3.8, 4) is 11.5 Å². The molecule has 0 saturated heterocycles. The summed E-state index contributed by atoms with van der Waals surface area (Å²) in [7, 11) is 0. The molecule has 0 saturated carbocycles. The average Bonchev–Trinajstić information content (AvgIpc) is 3.09. The average molecular weight is 388 g/mol. The highest BCUT2D eigenvalue weighted by Crippen LogP contribution is 2.25. The summed E-state index contributed by atoms with van der Waals surface area (Å²) in [4.78, 5) is 12.2. The van der Waals surface area contributed by atoms with Gasteiger partial charge in [-0.25, -0.2) is 0 Å². The predicted octanol–water partition coefficient (Wildman–Crippen LogP) is 4.67. The zero-order valence-electron chi connectivity index (χ0n) is 14.4. The quantitative estimate of drug-likeness (QED) is 0.622. The van der Waals surface area contributed by atoms with Crippen LogP contribution in [0.4, 0.5) is 0 Å². The van der Waals surface area contributed by atoms with Gasteiger partial charge in [0.2, 0.25) is 11.8 Å². The Balaban J connectivity index is 1.55. The van der Waals surface area contributed by atoms with Crippen LogP contribution in [-0.4, -0.2) is 21.9 Å².